The number of hydrogen-bond donors (Lipinski definition) is 5. The average Bonchev–Trinajstić information content (AvgIpc) is 3.47. The van der Waals surface area contributed by atoms with Crippen molar-refractivity contribution in [1.29, 1.82) is 0 Å². The highest BCUT2D eigenvalue weighted by Gasteiger charge is 2.59. The molecule has 5 atom stereocenters. The van der Waals surface area contributed by atoms with Crippen LogP contribution in [0.25, 0.3) is 0 Å². The fraction of sp³-hybridized carbons (Fsp3) is 0.630. The highest BCUT2D eigenvalue weighted by Crippen LogP contribution is 2.62. The van der Waals surface area contributed by atoms with E-state index in [1.165, 1.54) is 12.8 Å². The van der Waals surface area contributed by atoms with E-state index < -0.39 is 11.5 Å². The molecule has 0 saturated heterocycles. The SMILES string of the molecule is C[C@]1(CO)[C@H]2Cc3sc(Nc4cccc(O)c4)nc3[C@@H](CC(=O)NC3CCCC3)[C@]2(C)CC[C@H]1O. The van der Waals surface area contributed by atoms with Crippen molar-refractivity contribution in [1.82, 2.24) is 10.3 Å². The first-order valence-corrected chi connectivity index (χ1v) is 13.7. The van der Waals surface area contributed by atoms with Crippen LogP contribution in [-0.2, 0) is 11.2 Å². The number of carbonyl (C=O) groups excluding carboxylic acids is 1. The average molecular weight is 500 g/mol. The van der Waals surface area contributed by atoms with Crippen molar-refractivity contribution in [3.05, 3.63) is 34.8 Å². The molecule has 190 valence electrons. The molecule has 1 aromatic carbocycles. The van der Waals surface area contributed by atoms with Crippen LogP contribution in [0.4, 0.5) is 10.8 Å². The fourth-order valence-electron chi connectivity index (χ4n) is 6.95. The van der Waals surface area contributed by atoms with Crippen LogP contribution in [0.15, 0.2) is 24.3 Å². The van der Waals surface area contributed by atoms with Gasteiger partial charge in [0.1, 0.15) is 5.75 Å². The van der Waals surface area contributed by atoms with Gasteiger partial charge in [-0.05, 0) is 55.6 Å². The van der Waals surface area contributed by atoms with E-state index >= 15 is 0 Å². The van der Waals surface area contributed by atoms with Gasteiger partial charge in [0.25, 0.3) is 0 Å². The minimum absolute atomic E-state index is 0.0367. The minimum atomic E-state index is -0.631. The normalized spacial score (nSPS) is 32.6. The molecule has 3 aliphatic rings. The number of aromatic hydroxyl groups is 1. The number of thiazole rings is 1. The molecule has 5 N–H and O–H groups in total. The molecule has 0 spiro atoms. The third-order valence-electron chi connectivity index (χ3n) is 9.10. The zero-order valence-corrected chi connectivity index (χ0v) is 21.4. The Hall–Kier alpha value is -2.16. The summed E-state index contributed by atoms with van der Waals surface area (Å²) in [4.78, 5) is 19.4. The summed E-state index contributed by atoms with van der Waals surface area (Å²) in [6.45, 7) is 4.14. The summed E-state index contributed by atoms with van der Waals surface area (Å²) < 4.78 is 0. The van der Waals surface area contributed by atoms with Gasteiger partial charge in [0.05, 0.1) is 18.4 Å². The molecule has 0 aliphatic heterocycles. The van der Waals surface area contributed by atoms with Gasteiger partial charge >= 0.3 is 0 Å². The summed E-state index contributed by atoms with van der Waals surface area (Å²) in [5.41, 5.74) is 0.835. The Kier molecular flexibility index (Phi) is 6.57. The molecule has 2 saturated carbocycles. The maximum Gasteiger partial charge on any atom is 0.220 e. The topological polar surface area (TPSA) is 115 Å². The van der Waals surface area contributed by atoms with Crippen LogP contribution in [0, 0.1) is 16.7 Å². The maximum absolute atomic E-state index is 13.2. The second-order valence-corrected chi connectivity index (χ2v) is 12.4. The minimum Gasteiger partial charge on any atom is -0.508 e. The van der Waals surface area contributed by atoms with Crippen LogP contribution >= 0.6 is 11.3 Å². The third-order valence-corrected chi connectivity index (χ3v) is 10.1. The van der Waals surface area contributed by atoms with Crippen molar-refractivity contribution >= 4 is 28.1 Å². The third kappa shape index (κ3) is 4.45. The second-order valence-electron chi connectivity index (χ2n) is 11.3. The smallest absolute Gasteiger partial charge is 0.220 e. The molecule has 7 nitrogen and oxygen atoms in total. The fourth-order valence-corrected chi connectivity index (χ4v) is 8.04. The van der Waals surface area contributed by atoms with Gasteiger partial charge in [0.2, 0.25) is 5.91 Å². The predicted octanol–water partition coefficient (Wildman–Crippen LogP) is 4.46. The highest BCUT2D eigenvalue weighted by atomic mass is 32.1. The number of rotatable bonds is 6. The number of anilines is 2. The second kappa shape index (κ2) is 9.37. The van der Waals surface area contributed by atoms with E-state index in [1.54, 1.807) is 29.5 Å². The number of nitrogens with one attached hydrogen (secondary N) is 2. The highest BCUT2D eigenvalue weighted by molar-refractivity contribution is 7.15. The van der Waals surface area contributed by atoms with E-state index in [9.17, 15) is 20.1 Å². The number of aliphatic hydroxyl groups excluding tert-OH is 2. The molecule has 3 aliphatic carbocycles. The van der Waals surface area contributed by atoms with Crippen molar-refractivity contribution in [2.45, 2.75) is 83.3 Å². The van der Waals surface area contributed by atoms with Crippen LogP contribution in [0.1, 0.15) is 75.3 Å². The quantitative estimate of drug-likeness (QED) is 0.401. The Morgan fingerprint density at radius 2 is 2.00 bits per heavy atom. The summed E-state index contributed by atoms with van der Waals surface area (Å²) in [7, 11) is 0. The molecular weight excluding hydrogens is 462 g/mol. The molecule has 2 aromatic rings. The molecule has 0 bridgehead atoms. The summed E-state index contributed by atoms with van der Waals surface area (Å²) >= 11 is 1.57. The summed E-state index contributed by atoms with van der Waals surface area (Å²) in [6, 6.07) is 7.22. The van der Waals surface area contributed by atoms with Gasteiger partial charge in [-0.3, -0.25) is 4.79 Å². The molecule has 8 heteroatoms. The maximum atomic E-state index is 13.2. The number of fused-ring (bicyclic) bond motifs is 2. The number of amides is 1. The molecular formula is C27H37N3O4S. The van der Waals surface area contributed by atoms with Crippen LogP contribution in [-0.4, -0.2) is 45.0 Å². The lowest BCUT2D eigenvalue weighted by Gasteiger charge is -2.58. The van der Waals surface area contributed by atoms with E-state index in [1.807, 2.05) is 13.0 Å². The molecule has 2 fully saturated rings. The number of nitrogens with zero attached hydrogens (tertiary/aromatic N) is 1. The monoisotopic (exact) mass is 499 g/mol. The van der Waals surface area contributed by atoms with E-state index in [4.69, 9.17) is 4.98 Å². The van der Waals surface area contributed by atoms with E-state index in [0.717, 1.165) is 47.1 Å². The van der Waals surface area contributed by atoms with Gasteiger partial charge in [0, 0.05) is 40.4 Å². The van der Waals surface area contributed by atoms with Gasteiger partial charge in [-0.25, -0.2) is 4.98 Å². The number of phenolic OH excluding ortho intramolecular Hbond substituents is 1. The van der Waals surface area contributed by atoms with Crippen LogP contribution in [0.2, 0.25) is 0 Å². The lowest BCUT2D eigenvalue weighted by Crippen LogP contribution is -2.57. The summed E-state index contributed by atoms with van der Waals surface area (Å²) in [6.07, 6.45) is 6.35. The van der Waals surface area contributed by atoms with Gasteiger partial charge in [-0.15, -0.1) is 11.3 Å². The number of phenols is 1. The number of benzene rings is 1. The zero-order chi connectivity index (χ0) is 24.8. The standard InChI is InChI=1S/C27H37N3O4S/c1-26-11-10-22(33)27(2,15-31)21(26)14-20-24(19(26)13-23(34)28-16-6-3-4-7-16)30-25(35-20)29-17-8-5-9-18(32)12-17/h5,8-9,12,16,19,21-22,31-33H,3-4,6-7,10-11,13-15H2,1-2H3,(H,28,34)(H,29,30)/t19-,21+,22-,26+,27+/m1/s1. The number of aliphatic hydroxyl groups is 2. The lowest BCUT2D eigenvalue weighted by molar-refractivity contribution is -0.144. The Morgan fingerprint density at radius 1 is 1.23 bits per heavy atom. The molecule has 0 radical (unpaired) electrons. The molecule has 1 amide bonds. The first-order valence-electron chi connectivity index (χ1n) is 12.9. The Morgan fingerprint density at radius 3 is 2.71 bits per heavy atom. The summed E-state index contributed by atoms with van der Waals surface area (Å²) in [5, 5.41) is 38.5. The van der Waals surface area contributed by atoms with Gasteiger partial charge in [0.15, 0.2) is 5.13 Å². The Balaban J connectivity index is 1.49. The van der Waals surface area contributed by atoms with Crippen molar-refractivity contribution in [2.75, 3.05) is 11.9 Å². The molecule has 1 aromatic heterocycles. The van der Waals surface area contributed by atoms with Crippen LogP contribution in [0.5, 0.6) is 5.75 Å². The lowest BCUT2D eigenvalue weighted by atomic mass is 9.47. The summed E-state index contributed by atoms with van der Waals surface area (Å²) in [5.74, 6) is 0.202. The Labute approximate surface area is 211 Å². The van der Waals surface area contributed by atoms with Crippen molar-refractivity contribution in [3.8, 4) is 5.75 Å². The van der Waals surface area contributed by atoms with Crippen molar-refractivity contribution < 1.29 is 20.1 Å². The predicted molar refractivity (Wildman–Crippen MR) is 137 cm³/mol. The van der Waals surface area contributed by atoms with Crippen molar-refractivity contribution in [3.63, 3.8) is 0 Å². The number of carbonyl (C=O) groups is 1. The Bertz CT molecular complexity index is 1080. The van der Waals surface area contributed by atoms with Crippen LogP contribution in [0.3, 0.4) is 0 Å². The number of aromatic nitrogens is 1. The largest absolute Gasteiger partial charge is 0.508 e. The van der Waals surface area contributed by atoms with Crippen molar-refractivity contribution in [2.24, 2.45) is 16.7 Å². The first kappa shape index (κ1) is 24.5. The van der Waals surface area contributed by atoms with Gasteiger partial charge in [-0.1, -0.05) is 32.8 Å². The van der Waals surface area contributed by atoms with E-state index in [2.05, 4.69) is 17.6 Å². The molecule has 0 unspecified atom stereocenters. The van der Waals surface area contributed by atoms with E-state index in [0.29, 0.717) is 12.8 Å². The zero-order valence-electron chi connectivity index (χ0n) is 20.6. The van der Waals surface area contributed by atoms with Gasteiger partial charge < -0.3 is 26.0 Å². The molecule has 35 heavy (non-hydrogen) atoms. The first-order chi connectivity index (χ1) is 16.7. The van der Waals surface area contributed by atoms with Crippen LogP contribution < -0.4 is 10.6 Å². The van der Waals surface area contributed by atoms with Gasteiger partial charge in [-0.2, -0.15) is 0 Å². The molecule has 1 heterocycles. The number of hydrogen-bond acceptors (Lipinski definition) is 7. The van der Waals surface area contributed by atoms with E-state index in [-0.39, 0.29) is 41.6 Å². The molecule has 5 rings (SSSR count).